The van der Waals surface area contributed by atoms with Gasteiger partial charge >= 0.3 is 0 Å². The van der Waals surface area contributed by atoms with Crippen LogP contribution in [0.2, 0.25) is 0 Å². The summed E-state index contributed by atoms with van der Waals surface area (Å²) in [6, 6.07) is 15.3. The first-order valence-corrected chi connectivity index (χ1v) is 7.91. The monoisotopic (exact) mass is 336 g/mol. The van der Waals surface area contributed by atoms with Crippen LogP contribution in [0.3, 0.4) is 0 Å². The van der Waals surface area contributed by atoms with Crippen LogP contribution in [0, 0.1) is 6.92 Å². The van der Waals surface area contributed by atoms with E-state index in [9.17, 15) is 4.79 Å². The molecule has 0 radical (unpaired) electrons. The van der Waals surface area contributed by atoms with E-state index in [1.807, 2.05) is 49.4 Å². The van der Waals surface area contributed by atoms with Crippen molar-refractivity contribution in [3.8, 4) is 11.5 Å². The fraction of sp³-hybridized carbons (Fsp3) is 0.158. The summed E-state index contributed by atoms with van der Waals surface area (Å²) < 4.78 is 16.8. The maximum atomic E-state index is 12.2. The predicted molar refractivity (Wildman–Crippen MR) is 93.0 cm³/mol. The third-order valence-corrected chi connectivity index (χ3v) is 3.89. The Morgan fingerprint density at radius 3 is 2.64 bits per heavy atom. The lowest BCUT2D eigenvalue weighted by atomic mass is 10.1. The van der Waals surface area contributed by atoms with Crippen molar-refractivity contribution in [1.82, 2.24) is 5.43 Å². The maximum Gasteiger partial charge on any atom is 0.284 e. The molecular formula is C19H16N2O4. The Bertz CT molecular complexity index is 961. The first-order valence-electron chi connectivity index (χ1n) is 7.91. The fourth-order valence-corrected chi connectivity index (χ4v) is 2.64. The van der Waals surface area contributed by atoms with Gasteiger partial charge in [0.25, 0.3) is 5.91 Å². The van der Waals surface area contributed by atoms with Crippen LogP contribution in [-0.2, 0) is 4.79 Å². The highest BCUT2D eigenvalue weighted by atomic mass is 16.6. The number of hydrazone groups is 1. The van der Waals surface area contributed by atoms with Crippen LogP contribution >= 0.6 is 0 Å². The molecule has 4 rings (SSSR count). The largest absolute Gasteiger partial charge is 0.485 e. The van der Waals surface area contributed by atoms with Crippen LogP contribution in [0.4, 0.5) is 0 Å². The highest BCUT2D eigenvalue weighted by Gasteiger charge is 2.27. The molecule has 2 heterocycles. The zero-order valence-electron chi connectivity index (χ0n) is 13.6. The summed E-state index contributed by atoms with van der Waals surface area (Å²) in [6.45, 7) is 1.97. The van der Waals surface area contributed by atoms with Crippen molar-refractivity contribution in [2.45, 2.75) is 13.0 Å². The molecule has 0 unspecified atom stereocenters. The molecule has 1 atom stereocenters. The van der Waals surface area contributed by atoms with E-state index in [-0.39, 0.29) is 12.5 Å². The number of ether oxygens (including phenoxy) is 2. The molecule has 25 heavy (non-hydrogen) atoms. The molecule has 6 heteroatoms. The molecule has 1 aliphatic rings. The minimum absolute atomic E-state index is 0.132. The third-order valence-electron chi connectivity index (χ3n) is 3.89. The first kappa shape index (κ1) is 15.3. The average molecular weight is 336 g/mol. The van der Waals surface area contributed by atoms with Crippen LogP contribution in [0.1, 0.15) is 11.5 Å². The van der Waals surface area contributed by atoms with Crippen molar-refractivity contribution in [2.75, 3.05) is 6.61 Å². The lowest BCUT2D eigenvalue weighted by molar-refractivity contribution is -0.130. The van der Waals surface area contributed by atoms with Crippen LogP contribution in [0.25, 0.3) is 10.8 Å². The van der Waals surface area contributed by atoms with E-state index in [1.54, 1.807) is 6.07 Å². The second-order valence-corrected chi connectivity index (χ2v) is 5.75. The number of aryl methyl sites for hydroxylation is 1. The molecular weight excluding hydrogens is 320 g/mol. The van der Waals surface area contributed by atoms with Gasteiger partial charge in [-0.1, -0.05) is 24.3 Å². The quantitative estimate of drug-likeness (QED) is 0.589. The summed E-state index contributed by atoms with van der Waals surface area (Å²) in [6.07, 6.45) is 0.680. The van der Waals surface area contributed by atoms with Crippen LogP contribution in [0.5, 0.6) is 11.5 Å². The van der Waals surface area contributed by atoms with E-state index in [0.29, 0.717) is 17.3 Å². The molecule has 0 bridgehead atoms. The molecule has 0 saturated carbocycles. The predicted octanol–water partition coefficient (Wildman–Crippen LogP) is 3.03. The van der Waals surface area contributed by atoms with Gasteiger partial charge < -0.3 is 13.9 Å². The highest BCUT2D eigenvalue weighted by molar-refractivity contribution is 5.87. The summed E-state index contributed by atoms with van der Waals surface area (Å²) in [7, 11) is 0. The fourth-order valence-electron chi connectivity index (χ4n) is 2.64. The van der Waals surface area contributed by atoms with Gasteiger partial charge in [0.1, 0.15) is 18.1 Å². The highest BCUT2D eigenvalue weighted by Crippen LogP contribution is 2.35. The van der Waals surface area contributed by atoms with E-state index in [2.05, 4.69) is 10.5 Å². The summed E-state index contributed by atoms with van der Waals surface area (Å²) in [5.74, 6) is 2.16. The number of carbonyl (C=O) groups excluding carboxylic acids is 1. The first-order chi connectivity index (χ1) is 12.2. The van der Waals surface area contributed by atoms with Gasteiger partial charge in [-0.05, 0) is 42.0 Å². The third kappa shape index (κ3) is 3.19. The average Bonchev–Trinajstić information content (AvgIpc) is 3.04. The zero-order valence-corrected chi connectivity index (χ0v) is 13.6. The van der Waals surface area contributed by atoms with Crippen molar-refractivity contribution in [3.63, 3.8) is 0 Å². The Hall–Kier alpha value is -3.28. The number of benzene rings is 2. The molecule has 2 aromatic carbocycles. The second kappa shape index (κ2) is 6.32. The lowest BCUT2D eigenvalue weighted by Crippen LogP contribution is -2.42. The molecule has 0 fully saturated rings. The summed E-state index contributed by atoms with van der Waals surface area (Å²) in [5, 5.41) is 5.97. The van der Waals surface area contributed by atoms with Gasteiger partial charge in [0.2, 0.25) is 6.10 Å². The molecule has 126 valence electrons. The Kier molecular flexibility index (Phi) is 3.85. The SMILES string of the molecule is Cc1ccc(/C=N\NC(=O)[C@@H]2COc3cc4ccccc4cc3O2)o1. The number of fused-ring (bicyclic) bond motifs is 2. The van der Waals surface area contributed by atoms with Gasteiger partial charge in [-0.2, -0.15) is 5.10 Å². The molecule has 0 spiro atoms. The number of carbonyl (C=O) groups is 1. The molecule has 1 N–H and O–H groups in total. The summed E-state index contributed by atoms with van der Waals surface area (Å²) in [5.41, 5.74) is 2.44. The molecule has 1 aromatic heterocycles. The maximum absolute atomic E-state index is 12.2. The van der Waals surface area contributed by atoms with E-state index in [4.69, 9.17) is 13.9 Å². The number of rotatable bonds is 3. The molecule has 3 aromatic rings. The van der Waals surface area contributed by atoms with Crippen LogP contribution in [0.15, 0.2) is 58.0 Å². The standard InChI is InChI=1S/C19H16N2O4/c1-12-6-7-15(24-12)10-20-21-19(22)18-11-23-16-8-13-4-2-3-5-14(13)9-17(16)25-18/h2-10,18H,11H2,1H3,(H,21,22)/b20-10-/t18-/m0/s1. The number of nitrogens with zero attached hydrogens (tertiary/aromatic N) is 1. The Labute approximate surface area is 144 Å². The van der Waals surface area contributed by atoms with Crippen molar-refractivity contribution in [3.05, 3.63) is 60.1 Å². The smallest absolute Gasteiger partial charge is 0.284 e. The van der Waals surface area contributed by atoms with Gasteiger partial charge in [0, 0.05) is 0 Å². The molecule has 1 aliphatic heterocycles. The van der Waals surface area contributed by atoms with Crippen molar-refractivity contribution in [1.29, 1.82) is 0 Å². The minimum atomic E-state index is -0.760. The summed E-state index contributed by atoms with van der Waals surface area (Å²) >= 11 is 0. The van der Waals surface area contributed by atoms with E-state index in [1.165, 1.54) is 6.21 Å². The topological polar surface area (TPSA) is 73.1 Å². The summed E-state index contributed by atoms with van der Waals surface area (Å²) in [4.78, 5) is 12.2. The van der Waals surface area contributed by atoms with Gasteiger partial charge in [0.05, 0.1) is 6.21 Å². The van der Waals surface area contributed by atoms with Crippen molar-refractivity contribution >= 4 is 22.9 Å². The van der Waals surface area contributed by atoms with Crippen molar-refractivity contribution < 1.29 is 18.7 Å². The number of hydrogen-bond acceptors (Lipinski definition) is 5. The van der Waals surface area contributed by atoms with Gasteiger partial charge in [-0.25, -0.2) is 5.43 Å². The van der Waals surface area contributed by atoms with Crippen molar-refractivity contribution in [2.24, 2.45) is 5.10 Å². The Morgan fingerprint density at radius 2 is 1.92 bits per heavy atom. The van der Waals surface area contributed by atoms with E-state index < -0.39 is 6.10 Å². The second-order valence-electron chi connectivity index (χ2n) is 5.75. The Balaban J connectivity index is 1.45. The number of nitrogens with one attached hydrogen (secondary N) is 1. The van der Waals surface area contributed by atoms with Crippen LogP contribution < -0.4 is 14.9 Å². The van der Waals surface area contributed by atoms with Gasteiger partial charge in [-0.3, -0.25) is 4.79 Å². The van der Waals surface area contributed by atoms with E-state index >= 15 is 0 Å². The molecule has 0 saturated heterocycles. The normalized spacial score (nSPS) is 16.3. The van der Waals surface area contributed by atoms with Crippen LogP contribution in [-0.4, -0.2) is 24.8 Å². The molecule has 0 aliphatic carbocycles. The van der Waals surface area contributed by atoms with E-state index in [0.717, 1.165) is 16.5 Å². The molecule has 1 amide bonds. The number of furan rings is 1. The lowest BCUT2D eigenvalue weighted by Gasteiger charge is -2.25. The Morgan fingerprint density at radius 1 is 1.16 bits per heavy atom. The minimum Gasteiger partial charge on any atom is -0.485 e. The number of hydrogen-bond donors (Lipinski definition) is 1. The molecule has 6 nitrogen and oxygen atoms in total. The van der Waals surface area contributed by atoms with Gasteiger partial charge in [-0.15, -0.1) is 0 Å². The number of amides is 1. The zero-order chi connectivity index (χ0) is 17.2. The van der Waals surface area contributed by atoms with Gasteiger partial charge in [0.15, 0.2) is 11.5 Å².